The molecule has 0 aliphatic carbocycles. The van der Waals surface area contributed by atoms with Gasteiger partial charge in [0.2, 0.25) is 21.8 Å². The molecule has 2 rings (SSSR count). The zero-order chi connectivity index (χ0) is 27.2. The maximum Gasteiger partial charge on any atom is 0.271 e. The molecule has 0 spiro atoms. The van der Waals surface area contributed by atoms with Crippen LogP contribution in [-0.4, -0.2) is 54.9 Å². The number of nitro benzene ring substituents is 1. The van der Waals surface area contributed by atoms with E-state index in [1.165, 1.54) is 36.1 Å². The van der Waals surface area contributed by atoms with Crippen molar-refractivity contribution >= 4 is 56.4 Å². The van der Waals surface area contributed by atoms with E-state index in [4.69, 9.17) is 23.2 Å². The highest BCUT2D eigenvalue weighted by Gasteiger charge is 2.31. The van der Waals surface area contributed by atoms with Crippen molar-refractivity contribution in [1.29, 1.82) is 0 Å². The monoisotopic (exact) mass is 558 g/mol. The Morgan fingerprint density at radius 2 is 1.81 bits per heavy atom. The molecule has 0 aliphatic heterocycles. The summed E-state index contributed by atoms with van der Waals surface area (Å²) in [6.07, 6.45) is 1.56. The van der Waals surface area contributed by atoms with Crippen LogP contribution < -0.4 is 9.62 Å². The van der Waals surface area contributed by atoms with Crippen molar-refractivity contribution in [2.45, 2.75) is 45.8 Å². The number of rotatable bonds is 11. The first-order valence-electron chi connectivity index (χ1n) is 11.0. The number of sulfonamides is 1. The van der Waals surface area contributed by atoms with Gasteiger partial charge < -0.3 is 10.2 Å². The minimum absolute atomic E-state index is 0.0544. The fourth-order valence-corrected chi connectivity index (χ4v) is 4.57. The van der Waals surface area contributed by atoms with E-state index in [1.807, 2.05) is 13.8 Å². The second-order valence-electron chi connectivity index (χ2n) is 8.30. The molecule has 0 aromatic heterocycles. The van der Waals surface area contributed by atoms with Crippen LogP contribution in [0.1, 0.15) is 32.8 Å². The van der Waals surface area contributed by atoms with Crippen molar-refractivity contribution < 1.29 is 22.9 Å². The number of carbonyl (C=O) groups is 2. The van der Waals surface area contributed by atoms with Gasteiger partial charge in [0, 0.05) is 34.8 Å². The van der Waals surface area contributed by atoms with E-state index < -0.39 is 39.3 Å². The van der Waals surface area contributed by atoms with E-state index in [-0.39, 0.29) is 29.0 Å². The van der Waals surface area contributed by atoms with Crippen molar-refractivity contribution in [3.63, 3.8) is 0 Å². The molecule has 2 unspecified atom stereocenters. The summed E-state index contributed by atoms with van der Waals surface area (Å²) in [4.78, 5) is 38.1. The summed E-state index contributed by atoms with van der Waals surface area (Å²) in [6.45, 7) is 4.45. The number of benzene rings is 2. The maximum atomic E-state index is 13.5. The van der Waals surface area contributed by atoms with Gasteiger partial charge in [-0.1, -0.05) is 42.3 Å². The first kappa shape index (κ1) is 29.3. The molecule has 196 valence electrons. The van der Waals surface area contributed by atoms with Crippen molar-refractivity contribution in [3.8, 4) is 0 Å². The third kappa shape index (κ3) is 7.81. The van der Waals surface area contributed by atoms with Gasteiger partial charge in [0.05, 0.1) is 16.9 Å². The predicted molar refractivity (Wildman–Crippen MR) is 140 cm³/mol. The topological polar surface area (TPSA) is 130 Å². The summed E-state index contributed by atoms with van der Waals surface area (Å²) >= 11 is 12.3. The molecule has 2 aromatic carbocycles. The molecule has 0 aliphatic rings. The molecule has 0 bridgehead atoms. The Labute approximate surface area is 220 Å². The quantitative estimate of drug-likeness (QED) is 0.327. The van der Waals surface area contributed by atoms with Gasteiger partial charge in [-0.3, -0.25) is 24.0 Å². The van der Waals surface area contributed by atoms with E-state index in [9.17, 15) is 28.1 Å². The van der Waals surface area contributed by atoms with Crippen LogP contribution in [0.5, 0.6) is 0 Å². The third-order valence-electron chi connectivity index (χ3n) is 5.53. The van der Waals surface area contributed by atoms with Crippen LogP contribution in [0.25, 0.3) is 0 Å². The van der Waals surface area contributed by atoms with Gasteiger partial charge in [0.25, 0.3) is 5.69 Å². The number of hydrogen-bond acceptors (Lipinski definition) is 6. The Bertz CT molecular complexity index is 1240. The lowest BCUT2D eigenvalue weighted by Gasteiger charge is -2.32. The number of non-ortho nitro benzene ring substituents is 1. The van der Waals surface area contributed by atoms with Crippen LogP contribution >= 0.6 is 23.2 Å². The molecule has 36 heavy (non-hydrogen) atoms. The van der Waals surface area contributed by atoms with E-state index >= 15 is 0 Å². The average molecular weight is 559 g/mol. The Hall–Kier alpha value is -2.89. The highest BCUT2D eigenvalue weighted by atomic mass is 35.5. The number of nitrogens with one attached hydrogen (secondary N) is 1. The van der Waals surface area contributed by atoms with E-state index in [1.54, 1.807) is 12.1 Å². The Morgan fingerprint density at radius 1 is 1.14 bits per heavy atom. The van der Waals surface area contributed by atoms with Gasteiger partial charge in [0.15, 0.2) is 0 Å². The molecule has 10 nitrogen and oxygen atoms in total. The summed E-state index contributed by atoms with van der Waals surface area (Å²) in [5.41, 5.74) is 0.111. The SMILES string of the molecule is CCC(C)NC(=O)C(C)N(Cc1ccc(Cl)cc1Cl)C(=O)CN(c1cccc([N+](=O)[O-])c1)S(C)(=O)=O. The molecule has 0 heterocycles. The summed E-state index contributed by atoms with van der Waals surface area (Å²) in [7, 11) is -4.03. The number of carbonyl (C=O) groups excluding carboxylic acids is 2. The van der Waals surface area contributed by atoms with Gasteiger partial charge in [0.1, 0.15) is 12.6 Å². The van der Waals surface area contributed by atoms with Crippen LogP contribution in [0.15, 0.2) is 42.5 Å². The van der Waals surface area contributed by atoms with Crippen molar-refractivity contribution in [3.05, 3.63) is 68.2 Å². The molecule has 0 fully saturated rings. The van der Waals surface area contributed by atoms with Gasteiger partial charge >= 0.3 is 0 Å². The zero-order valence-corrected chi connectivity index (χ0v) is 22.6. The molecule has 2 aromatic rings. The summed E-state index contributed by atoms with van der Waals surface area (Å²) < 4.78 is 25.9. The van der Waals surface area contributed by atoms with Crippen LogP contribution in [0, 0.1) is 10.1 Å². The second kappa shape index (κ2) is 12.4. The standard InChI is InChI=1S/C23H28Cl2N4O6S/c1-5-15(2)26-23(31)16(3)27(13-17-9-10-18(24)11-21(17)25)22(30)14-28(36(4,34)35)19-7-6-8-20(12-19)29(32)33/h6-12,15-16H,5,13-14H2,1-4H3,(H,26,31). The Balaban J connectivity index is 2.46. The van der Waals surface area contributed by atoms with Crippen LogP contribution in [0.2, 0.25) is 10.0 Å². The Kier molecular flexibility index (Phi) is 10.1. The molecule has 2 atom stereocenters. The van der Waals surface area contributed by atoms with Crippen LogP contribution in [-0.2, 0) is 26.2 Å². The second-order valence-corrected chi connectivity index (χ2v) is 11.0. The number of hydrogen-bond donors (Lipinski definition) is 1. The van der Waals surface area contributed by atoms with Crippen LogP contribution in [0.3, 0.4) is 0 Å². The molecular formula is C23H28Cl2N4O6S. The molecule has 0 saturated heterocycles. The summed E-state index contributed by atoms with van der Waals surface area (Å²) in [5.74, 6) is -1.13. The average Bonchev–Trinajstić information content (AvgIpc) is 2.80. The van der Waals surface area contributed by atoms with E-state index in [0.29, 0.717) is 17.0 Å². The number of nitro groups is 1. The van der Waals surface area contributed by atoms with Crippen molar-refractivity contribution in [2.24, 2.45) is 0 Å². The lowest BCUT2D eigenvalue weighted by molar-refractivity contribution is -0.384. The fraction of sp³-hybridized carbons (Fsp3) is 0.391. The highest BCUT2D eigenvalue weighted by molar-refractivity contribution is 7.92. The molecule has 0 radical (unpaired) electrons. The molecule has 13 heteroatoms. The van der Waals surface area contributed by atoms with Crippen LogP contribution in [0.4, 0.5) is 11.4 Å². The first-order valence-corrected chi connectivity index (χ1v) is 13.6. The largest absolute Gasteiger partial charge is 0.352 e. The van der Waals surface area contributed by atoms with Gasteiger partial charge in [-0.15, -0.1) is 0 Å². The lowest BCUT2D eigenvalue weighted by Crippen LogP contribution is -2.52. The molecule has 0 saturated carbocycles. The molecule has 1 N–H and O–H groups in total. The normalized spacial score (nSPS) is 12.9. The summed E-state index contributed by atoms with van der Waals surface area (Å²) in [5, 5.41) is 14.7. The number of anilines is 1. The maximum absolute atomic E-state index is 13.5. The Morgan fingerprint density at radius 3 is 2.36 bits per heavy atom. The lowest BCUT2D eigenvalue weighted by atomic mass is 10.1. The van der Waals surface area contributed by atoms with Gasteiger partial charge in [-0.25, -0.2) is 8.42 Å². The smallest absolute Gasteiger partial charge is 0.271 e. The minimum atomic E-state index is -4.03. The molecular weight excluding hydrogens is 531 g/mol. The van der Waals surface area contributed by atoms with Gasteiger partial charge in [-0.05, 0) is 44.0 Å². The number of amides is 2. The van der Waals surface area contributed by atoms with Crippen molar-refractivity contribution in [1.82, 2.24) is 10.2 Å². The fourth-order valence-electron chi connectivity index (χ4n) is 3.26. The van der Waals surface area contributed by atoms with E-state index in [2.05, 4.69) is 5.32 Å². The minimum Gasteiger partial charge on any atom is -0.352 e. The van der Waals surface area contributed by atoms with Crippen molar-refractivity contribution in [2.75, 3.05) is 17.1 Å². The zero-order valence-electron chi connectivity index (χ0n) is 20.3. The third-order valence-corrected chi connectivity index (χ3v) is 7.26. The number of halogens is 2. The van der Waals surface area contributed by atoms with Gasteiger partial charge in [-0.2, -0.15) is 0 Å². The highest BCUT2D eigenvalue weighted by Crippen LogP contribution is 2.26. The van der Waals surface area contributed by atoms with E-state index in [0.717, 1.165) is 16.6 Å². The number of nitrogens with zero attached hydrogens (tertiary/aromatic N) is 3. The predicted octanol–water partition coefficient (Wildman–Crippen LogP) is 4.00. The summed E-state index contributed by atoms with van der Waals surface area (Å²) in [6, 6.07) is 8.51. The molecule has 2 amide bonds. The first-order chi connectivity index (χ1) is 16.7.